The lowest BCUT2D eigenvalue weighted by molar-refractivity contribution is 0.730. The van der Waals surface area contributed by atoms with Crippen LogP contribution in [0.4, 0.5) is 0 Å². The van der Waals surface area contributed by atoms with Crippen LogP contribution in [0.2, 0.25) is 0 Å². The fourth-order valence-corrected chi connectivity index (χ4v) is 3.14. The van der Waals surface area contributed by atoms with Gasteiger partial charge in [0.1, 0.15) is 0 Å². The van der Waals surface area contributed by atoms with Gasteiger partial charge in [0.05, 0.1) is 0 Å². The lowest BCUT2D eigenvalue weighted by Crippen LogP contribution is -2.13. The second kappa shape index (κ2) is 5.13. The van der Waals surface area contributed by atoms with Gasteiger partial charge in [-0.05, 0) is 42.0 Å². The third-order valence-corrected chi connectivity index (χ3v) is 4.56. The first-order valence-corrected chi connectivity index (χ1v) is 6.88. The Hall–Kier alpha value is -0.640. The highest BCUT2D eigenvalue weighted by atomic mass is 79.9. The summed E-state index contributed by atoms with van der Waals surface area (Å²) in [6.45, 7) is 2.12. The maximum Gasteiger partial charge on any atom is 0.0433 e. The summed E-state index contributed by atoms with van der Waals surface area (Å²) in [5.74, 6) is 0. The van der Waals surface area contributed by atoms with Gasteiger partial charge in [0.25, 0.3) is 0 Å². The molecule has 0 fully saturated rings. The number of rotatable bonds is 3. The van der Waals surface area contributed by atoms with Gasteiger partial charge >= 0.3 is 0 Å². The molecule has 2 aromatic rings. The number of nitrogens with two attached hydrogens (primary N) is 1. The van der Waals surface area contributed by atoms with Gasteiger partial charge in [0.2, 0.25) is 0 Å². The van der Waals surface area contributed by atoms with E-state index in [1.165, 1.54) is 16.0 Å². The summed E-state index contributed by atoms with van der Waals surface area (Å²) >= 11 is 5.30. The molecule has 0 radical (unpaired) electrons. The molecule has 1 atom stereocenters. The summed E-state index contributed by atoms with van der Waals surface area (Å²) < 4.78 is 1.14. The summed E-state index contributed by atoms with van der Waals surface area (Å²) in [7, 11) is 0. The lowest BCUT2D eigenvalue weighted by Gasteiger charge is -2.12. The fourth-order valence-electron chi connectivity index (χ4n) is 1.76. The maximum atomic E-state index is 6.23. The Kier molecular flexibility index (Phi) is 3.79. The highest BCUT2D eigenvalue weighted by molar-refractivity contribution is 9.10. The first-order valence-electron chi connectivity index (χ1n) is 5.21. The molecule has 1 nitrogen and oxygen atoms in total. The molecule has 1 aromatic carbocycles. The van der Waals surface area contributed by atoms with Crippen LogP contribution in [0.3, 0.4) is 0 Å². The minimum absolute atomic E-state index is 0.0960. The van der Waals surface area contributed by atoms with Crippen LogP contribution in [0.5, 0.6) is 0 Å². The summed E-state index contributed by atoms with van der Waals surface area (Å²) in [5, 5.41) is 2.10. The van der Waals surface area contributed by atoms with E-state index in [9.17, 15) is 0 Å². The minimum Gasteiger partial charge on any atom is -0.323 e. The molecule has 2 rings (SSSR count). The first-order chi connectivity index (χ1) is 7.68. The van der Waals surface area contributed by atoms with Crippen molar-refractivity contribution in [2.24, 2.45) is 5.73 Å². The Morgan fingerprint density at radius 1 is 1.31 bits per heavy atom. The maximum absolute atomic E-state index is 6.23. The lowest BCUT2D eigenvalue weighted by atomic mass is 10.0. The van der Waals surface area contributed by atoms with Crippen molar-refractivity contribution in [2.75, 3.05) is 0 Å². The van der Waals surface area contributed by atoms with Crippen LogP contribution in [0.15, 0.2) is 40.2 Å². The molecule has 0 saturated carbocycles. The zero-order valence-corrected chi connectivity index (χ0v) is 11.5. The SMILES string of the molecule is Cc1ccsc1C(N)Cc1ccccc1Br. The molecule has 0 aliphatic rings. The van der Waals surface area contributed by atoms with E-state index in [0.717, 1.165) is 10.9 Å². The Labute approximate surface area is 108 Å². The van der Waals surface area contributed by atoms with Crippen molar-refractivity contribution >= 4 is 27.3 Å². The molecule has 0 spiro atoms. The standard InChI is InChI=1S/C13H14BrNS/c1-9-6-7-16-13(9)12(15)8-10-4-2-3-5-11(10)14/h2-7,12H,8,15H2,1H3. The van der Waals surface area contributed by atoms with E-state index in [1.54, 1.807) is 11.3 Å². The zero-order chi connectivity index (χ0) is 11.5. The van der Waals surface area contributed by atoms with Crippen LogP contribution in [0.1, 0.15) is 22.0 Å². The molecular formula is C13H14BrNS. The molecule has 0 aliphatic heterocycles. The van der Waals surface area contributed by atoms with Crippen LogP contribution in [0, 0.1) is 6.92 Å². The van der Waals surface area contributed by atoms with E-state index < -0.39 is 0 Å². The third kappa shape index (κ3) is 2.54. The number of aryl methyl sites for hydroxylation is 1. The second-order valence-corrected chi connectivity index (χ2v) is 5.67. The molecule has 0 saturated heterocycles. The highest BCUT2D eigenvalue weighted by Gasteiger charge is 2.12. The van der Waals surface area contributed by atoms with Gasteiger partial charge in [-0.3, -0.25) is 0 Å². The van der Waals surface area contributed by atoms with E-state index in [2.05, 4.69) is 46.4 Å². The summed E-state index contributed by atoms with van der Waals surface area (Å²) in [6, 6.07) is 10.5. The Bertz CT molecular complexity index is 478. The Balaban J connectivity index is 2.17. The van der Waals surface area contributed by atoms with Crippen LogP contribution in [-0.2, 0) is 6.42 Å². The van der Waals surface area contributed by atoms with Crippen molar-refractivity contribution in [3.8, 4) is 0 Å². The van der Waals surface area contributed by atoms with Crippen LogP contribution in [-0.4, -0.2) is 0 Å². The van der Waals surface area contributed by atoms with Crippen LogP contribution < -0.4 is 5.73 Å². The van der Waals surface area contributed by atoms with Gasteiger partial charge < -0.3 is 5.73 Å². The summed E-state index contributed by atoms with van der Waals surface area (Å²) in [4.78, 5) is 1.29. The van der Waals surface area contributed by atoms with Gasteiger partial charge in [0, 0.05) is 15.4 Å². The molecule has 1 heterocycles. The van der Waals surface area contributed by atoms with E-state index in [4.69, 9.17) is 5.73 Å². The number of thiophene rings is 1. The van der Waals surface area contributed by atoms with E-state index in [0.29, 0.717) is 0 Å². The van der Waals surface area contributed by atoms with Crippen molar-refractivity contribution in [1.82, 2.24) is 0 Å². The van der Waals surface area contributed by atoms with Crippen molar-refractivity contribution in [3.63, 3.8) is 0 Å². The van der Waals surface area contributed by atoms with Crippen LogP contribution in [0.25, 0.3) is 0 Å². The molecule has 1 unspecified atom stereocenters. The van der Waals surface area contributed by atoms with E-state index in [1.807, 2.05) is 12.1 Å². The normalized spacial score (nSPS) is 12.7. The number of benzene rings is 1. The topological polar surface area (TPSA) is 26.0 Å². The monoisotopic (exact) mass is 295 g/mol. The molecule has 3 heteroatoms. The largest absolute Gasteiger partial charge is 0.323 e. The molecule has 0 bridgehead atoms. The zero-order valence-electron chi connectivity index (χ0n) is 9.11. The third-order valence-electron chi connectivity index (χ3n) is 2.64. The molecular weight excluding hydrogens is 282 g/mol. The van der Waals surface area contributed by atoms with Crippen molar-refractivity contribution in [3.05, 3.63) is 56.2 Å². The molecule has 0 aliphatic carbocycles. The minimum atomic E-state index is 0.0960. The summed E-state index contributed by atoms with van der Waals surface area (Å²) in [5.41, 5.74) is 8.79. The van der Waals surface area contributed by atoms with E-state index in [-0.39, 0.29) is 6.04 Å². The van der Waals surface area contributed by atoms with Gasteiger partial charge in [-0.15, -0.1) is 11.3 Å². The van der Waals surface area contributed by atoms with Crippen molar-refractivity contribution < 1.29 is 0 Å². The predicted molar refractivity (Wildman–Crippen MR) is 73.8 cm³/mol. The van der Waals surface area contributed by atoms with Gasteiger partial charge in [-0.2, -0.15) is 0 Å². The highest BCUT2D eigenvalue weighted by Crippen LogP contribution is 2.27. The number of halogens is 1. The number of hydrogen-bond donors (Lipinski definition) is 1. The average molecular weight is 296 g/mol. The average Bonchev–Trinajstić information content (AvgIpc) is 2.68. The summed E-state index contributed by atoms with van der Waals surface area (Å²) in [6.07, 6.45) is 0.878. The van der Waals surface area contributed by atoms with Crippen molar-refractivity contribution in [1.29, 1.82) is 0 Å². The van der Waals surface area contributed by atoms with Gasteiger partial charge in [0.15, 0.2) is 0 Å². The number of hydrogen-bond acceptors (Lipinski definition) is 2. The molecule has 84 valence electrons. The van der Waals surface area contributed by atoms with Gasteiger partial charge in [-0.1, -0.05) is 34.1 Å². The smallest absolute Gasteiger partial charge is 0.0433 e. The predicted octanol–water partition coefficient (Wildman–Crippen LogP) is 4.06. The Morgan fingerprint density at radius 3 is 2.69 bits per heavy atom. The molecule has 16 heavy (non-hydrogen) atoms. The van der Waals surface area contributed by atoms with Gasteiger partial charge in [-0.25, -0.2) is 0 Å². The molecule has 1 aromatic heterocycles. The fraction of sp³-hybridized carbons (Fsp3) is 0.231. The molecule has 2 N–H and O–H groups in total. The molecule has 0 amide bonds. The van der Waals surface area contributed by atoms with Crippen molar-refractivity contribution in [2.45, 2.75) is 19.4 Å². The van der Waals surface area contributed by atoms with E-state index >= 15 is 0 Å². The second-order valence-electron chi connectivity index (χ2n) is 3.87. The first kappa shape index (κ1) is 11.8. The quantitative estimate of drug-likeness (QED) is 0.908. The Morgan fingerprint density at radius 2 is 2.06 bits per heavy atom. The van der Waals surface area contributed by atoms with Crippen LogP contribution >= 0.6 is 27.3 Å².